The Morgan fingerprint density at radius 3 is 2.59 bits per heavy atom. The first-order chi connectivity index (χ1) is 14.0. The van der Waals surface area contributed by atoms with Crippen molar-refractivity contribution in [2.45, 2.75) is 32.5 Å². The minimum Gasteiger partial charge on any atom is -0.328 e. The van der Waals surface area contributed by atoms with Gasteiger partial charge in [0, 0.05) is 6.04 Å². The molecule has 0 amide bonds. The van der Waals surface area contributed by atoms with Crippen LogP contribution in [-0.4, -0.2) is 18.9 Å². The second-order valence-corrected chi connectivity index (χ2v) is 10.7. The average Bonchev–Trinajstić information content (AvgIpc) is 2.93. The summed E-state index contributed by atoms with van der Waals surface area (Å²) in [7, 11) is -0.143. The van der Waals surface area contributed by atoms with E-state index in [1.807, 2.05) is 0 Å². The maximum Gasteiger partial charge on any atom is 0.00497 e. The van der Waals surface area contributed by atoms with Crippen molar-refractivity contribution < 1.29 is 0 Å². The Bertz CT molecular complexity index is 1090. The van der Waals surface area contributed by atoms with E-state index in [2.05, 4.69) is 93.3 Å². The highest BCUT2D eigenvalue weighted by atomic mass is 31.1. The minimum atomic E-state index is -0.143. The van der Waals surface area contributed by atoms with Crippen molar-refractivity contribution in [2.75, 3.05) is 12.8 Å². The van der Waals surface area contributed by atoms with Crippen LogP contribution in [0.5, 0.6) is 0 Å². The number of rotatable bonds is 5. The summed E-state index contributed by atoms with van der Waals surface area (Å²) < 4.78 is 0. The maximum absolute atomic E-state index is 6.12. The van der Waals surface area contributed by atoms with Crippen LogP contribution in [0.25, 0.3) is 34.1 Å². The molecule has 29 heavy (non-hydrogen) atoms. The zero-order chi connectivity index (χ0) is 20.4. The number of fused-ring (bicyclic) bond motifs is 2. The van der Waals surface area contributed by atoms with Gasteiger partial charge in [0.15, 0.2) is 0 Å². The van der Waals surface area contributed by atoms with Gasteiger partial charge in [0.25, 0.3) is 0 Å². The molecule has 1 nitrogen and oxygen atoms in total. The molecule has 0 saturated carbocycles. The lowest BCUT2D eigenvalue weighted by Gasteiger charge is -2.22. The van der Waals surface area contributed by atoms with Crippen LogP contribution >= 0.6 is 7.92 Å². The predicted molar refractivity (Wildman–Crippen MR) is 132 cm³/mol. The minimum absolute atomic E-state index is 0.143. The fourth-order valence-corrected chi connectivity index (χ4v) is 6.41. The summed E-state index contributed by atoms with van der Waals surface area (Å²) in [5.41, 5.74) is 14.4. The first-order valence-corrected chi connectivity index (χ1v) is 12.6. The summed E-state index contributed by atoms with van der Waals surface area (Å²) in [6.45, 7) is 6.76. The van der Waals surface area contributed by atoms with Gasteiger partial charge in [-0.3, -0.25) is 0 Å². The highest BCUT2D eigenvalue weighted by molar-refractivity contribution is 7.56. The average molecular weight is 400 g/mol. The van der Waals surface area contributed by atoms with Gasteiger partial charge in [0.05, 0.1) is 0 Å². The molecule has 148 valence electrons. The van der Waals surface area contributed by atoms with Crippen LogP contribution in [0.3, 0.4) is 0 Å². The van der Waals surface area contributed by atoms with Crippen LogP contribution in [0.1, 0.15) is 35.6 Å². The number of nitrogens with two attached hydrogens (primary N) is 1. The summed E-state index contributed by atoms with van der Waals surface area (Å²) in [5, 5.41) is 2.65. The molecule has 3 aromatic rings. The van der Waals surface area contributed by atoms with Gasteiger partial charge in [-0.05, 0) is 83.4 Å². The molecule has 0 bridgehead atoms. The molecular formula is C27H30NP. The molecule has 3 aromatic carbocycles. The highest BCUT2D eigenvalue weighted by Gasteiger charge is 2.19. The quantitative estimate of drug-likeness (QED) is 0.451. The molecule has 0 heterocycles. The Morgan fingerprint density at radius 1 is 0.966 bits per heavy atom. The first-order valence-electron chi connectivity index (χ1n) is 10.5. The lowest BCUT2D eigenvalue weighted by atomic mass is 9.86. The van der Waals surface area contributed by atoms with E-state index in [4.69, 9.17) is 5.73 Å². The third-order valence-electron chi connectivity index (χ3n) is 5.65. The van der Waals surface area contributed by atoms with E-state index in [0.29, 0.717) is 0 Å². The highest BCUT2D eigenvalue weighted by Crippen LogP contribution is 2.44. The fraction of sp³-hybridized carbons (Fsp3) is 0.259. The summed E-state index contributed by atoms with van der Waals surface area (Å²) in [4.78, 5) is 0. The van der Waals surface area contributed by atoms with Gasteiger partial charge in [0.1, 0.15) is 0 Å². The summed E-state index contributed by atoms with van der Waals surface area (Å²) in [5.74, 6) is 0. The van der Waals surface area contributed by atoms with Gasteiger partial charge in [-0.2, -0.15) is 0 Å². The molecule has 2 atom stereocenters. The molecule has 0 radical (unpaired) electrons. The number of benzene rings is 3. The van der Waals surface area contributed by atoms with Gasteiger partial charge >= 0.3 is 0 Å². The van der Waals surface area contributed by atoms with Crippen LogP contribution in [0.15, 0.2) is 60.7 Å². The molecule has 0 aromatic heterocycles. The molecule has 1 aliphatic rings. The van der Waals surface area contributed by atoms with E-state index in [9.17, 15) is 0 Å². The van der Waals surface area contributed by atoms with E-state index in [1.54, 1.807) is 0 Å². The third-order valence-corrected chi connectivity index (χ3v) is 7.73. The molecule has 2 heteroatoms. The van der Waals surface area contributed by atoms with Gasteiger partial charge in [-0.15, -0.1) is 7.92 Å². The Labute approximate surface area is 176 Å². The smallest absolute Gasteiger partial charge is 0.00497 e. The molecule has 0 fully saturated rings. The fourth-order valence-electron chi connectivity index (χ4n) is 4.45. The lowest BCUT2D eigenvalue weighted by molar-refractivity contribution is 0.840. The van der Waals surface area contributed by atoms with Crippen molar-refractivity contribution in [1.82, 2.24) is 0 Å². The normalized spacial score (nSPS) is 15.2. The van der Waals surface area contributed by atoms with E-state index >= 15 is 0 Å². The molecule has 0 spiro atoms. The Morgan fingerprint density at radius 2 is 1.76 bits per heavy atom. The predicted octanol–water partition coefficient (Wildman–Crippen LogP) is 7.20. The molecule has 0 aliphatic heterocycles. The second kappa shape index (κ2) is 8.66. The van der Waals surface area contributed by atoms with E-state index in [-0.39, 0.29) is 14.0 Å². The number of hydrogen-bond acceptors (Lipinski definition) is 1. The molecule has 0 saturated heterocycles. The summed E-state index contributed by atoms with van der Waals surface area (Å²) >= 11 is 0. The van der Waals surface area contributed by atoms with Crippen molar-refractivity contribution in [1.29, 1.82) is 0 Å². The van der Waals surface area contributed by atoms with Gasteiger partial charge < -0.3 is 5.73 Å². The largest absolute Gasteiger partial charge is 0.328 e. The van der Waals surface area contributed by atoms with Crippen molar-refractivity contribution in [3.63, 3.8) is 0 Å². The van der Waals surface area contributed by atoms with Crippen molar-refractivity contribution >= 4 is 30.8 Å². The van der Waals surface area contributed by atoms with Gasteiger partial charge in [0.2, 0.25) is 0 Å². The van der Waals surface area contributed by atoms with E-state index in [0.717, 1.165) is 18.7 Å². The molecule has 2 N–H and O–H groups in total. The molecule has 1 aliphatic carbocycles. The Balaban J connectivity index is 1.99. The number of allylic oxidation sites excluding steroid dienone is 2. The second-order valence-electron chi connectivity index (χ2n) is 8.30. The van der Waals surface area contributed by atoms with Crippen molar-refractivity contribution in [3.8, 4) is 11.1 Å². The van der Waals surface area contributed by atoms with Crippen LogP contribution in [0, 0.1) is 6.92 Å². The monoisotopic (exact) mass is 399 g/mol. The Hall–Kier alpha value is -2.21. The van der Waals surface area contributed by atoms with Gasteiger partial charge in [-0.25, -0.2) is 0 Å². The third kappa shape index (κ3) is 4.22. The first kappa shape index (κ1) is 20.1. The zero-order valence-corrected chi connectivity index (χ0v) is 18.5. The summed E-state index contributed by atoms with van der Waals surface area (Å²) in [6.07, 6.45) is 12.4. The van der Waals surface area contributed by atoms with E-state index < -0.39 is 0 Å². The van der Waals surface area contributed by atoms with Crippen LogP contribution in [0.2, 0.25) is 0 Å². The van der Waals surface area contributed by atoms with Gasteiger partial charge in [-0.1, -0.05) is 72.8 Å². The maximum atomic E-state index is 6.12. The molecular weight excluding hydrogens is 369 g/mol. The molecule has 2 unspecified atom stereocenters. The topological polar surface area (TPSA) is 26.0 Å². The van der Waals surface area contributed by atoms with Crippen LogP contribution in [0.4, 0.5) is 0 Å². The SMILES string of the molecule is Cc1ccc2ccccc2c1-c1c(CP(C)CC(C)N)ccc2c1C=CCC=C2. The number of aryl methyl sites for hydroxylation is 1. The number of hydrogen-bond donors (Lipinski definition) is 1. The van der Waals surface area contributed by atoms with Crippen LogP contribution in [-0.2, 0) is 6.16 Å². The van der Waals surface area contributed by atoms with Crippen molar-refractivity contribution in [2.24, 2.45) is 5.73 Å². The lowest BCUT2D eigenvalue weighted by Crippen LogP contribution is -2.18. The van der Waals surface area contributed by atoms with Crippen molar-refractivity contribution in [3.05, 3.63) is 82.9 Å². The van der Waals surface area contributed by atoms with E-state index in [1.165, 1.54) is 44.2 Å². The molecule has 4 rings (SSSR count). The standard InChI is InChI=1S/C27H30NP/c1-19-13-14-21-10-7-8-12-24(21)26(19)27-23(18-29(3)17-20(2)28)16-15-22-9-5-4-6-11-25(22)27/h5-16,20H,4,17-18,28H2,1-3H3. The Kier molecular flexibility index (Phi) is 5.99. The van der Waals surface area contributed by atoms with Crippen LogP contribution < -0.4 is 5.73 Å². The summed E-state index contributed by atoms with van der Waals surface area (Å²) in [6, 6.07) is 18.2. The zero-order valence-electron chi connectivity index (χ0n) is 17.7.